The van der Waals surface area contributed by atoms with Crippen molar-refractivity contribution in [1.82, 2.24) is 0 Å². The molecule has 0 aliphatic rings. The SMILES string of the molecule is CC(C)CCC(=N)OC(=N)CCC(C)C. The minimum atomic E-state index is 0.234. The zero-order valence-electron chi connectivity index (χ0n) is 10.4. The largest absolute Gasteiger partial charge is 0.430 e. The first-order valence-corrected chi connectivity index (χ1v) is 5.74. The van der Waals surface area contributed by atoms with E-state index in [1.54, 1.807) is 0 Å². The monoisotopic (exact) mass is 212 g/mol. The zero-order valence-corrected chi connectivity index (χ0v) is 10.4. The van der Waals surface area contributed by atoms with Gasteiger partial charge in [0.1, 0.15) is 0 Å². The average molecular weight is 212 g/mol. The Kier molecular flexibility index (Phi) is 7.01. The van der Waals surface area contributed by atoms with Crippen molar-refractivity contribution in [3.8, 4) is 0 Å². The lowest BCUT2D eigenvalue weighted by Gasteiger charge is -2.10. The van der Waals surface area contributed by atoms with Gasteiger partial charge >= 0.3 is 0 Å². The van der Waals surface area contributed by atoms with Crippen molar-refractivity contribution in [3.05, 3.63) is 0 Å². The predicted octanol–water partition coefficient (Wildman–Crippen LogP) is 3.83. The zero-order chi connectivity index (χ0) is 11.8. The Morgan fingerprint density at radius 2 is 1.20 bits per heavy atom. The van der Waals surface area contributed by atoms with Crippen molar-refractivity contribution in [3.63, 3.8) is 0 Å². The third-order valence-electron chi connectivity index (χ3n) is 2.14. The van der Waals surface area contributed by atoms with Crippen molar-refractivity contribution < 1.29 is 4.74 Å². The van der Waals surface area contributed by atoms with Gasteiger partial charge in [0.25, 0.3) is 0 Å². The maximum absolute atomic E-state index is 7.54. The van der Waals surface area contributed by atoms with Crippen molar-refractivity contribution in [2.45, 2.75) is 53.4 Å². The molecule has 0 radical (unpaired) electrons. The van der Waals surface area contributed by atoms with Gasteiger partial charge in [0.15, 0.2) is 11.8 Å². The molecule has 0 saturated carbocycles. The van der Waals surface area contributed by atoms with Gasteiger partial charge in [-0.25, -0.2) is 0 Å². The van der Waals surface area contributed by atoms with Gasteiger partial charge in [-0.1, -0.05) is 27.7 Å². The normalized spacial score (nSPS) is 10.8. The van der Waals surface area contributed by atoms with Gasteiger partial charge in [-0.3, -0.25) is 10.8 Å². The maximum atomic E-state index is 7.54. The second kappa shape index (κ2) is 7.43. The van der Waals surface area contributed by atoms with Gasteiger partial charge in [-0.05, 0) is 24.7 Å². The molecule has 0 aliphatic carbocycles. The van der Waals surface area contributed by atoms with E-state index in [-0.39, 0.29) is 11.8 Å². The number of nitrogens with one attached hydrogen (secondary N) is 2. The molecule has 15 heavy (non-hydrogen) atoms. The minimum Gasteiger partial charge on any atom is -0.430 e. The Morgan fingerprint density at radius 3 is 1.47 bits per heavy atom. The highest BCUT2D eigenvalue weighted by molar-refractivity contribution is 5.88. The Balaban J connectivity index is 3.63. The van der Waals surface area contributed by atoms with Gasteiger partial charge in [0.05, 0.1) is 0 Å². The van der Waals surface area contributed by atoms with Crippen LogP contribution in [0.2, 0.25) is 0 Å². The molecule has 3 heteroatoms. The number of hydrogen-bond acceptors (Lipinski definition) is 3. The summed E-state index contributed by atoms with van der Waals surface area (Å²) >= 11 is 0. The molecule has 0 amide bonds. The summed E-state index contributed by atoms with van der Waals surface area (Å²) in [6, 6.07) is 0. The van der Waals surface area contributed by atoms with E-state index in [0.29, 0.717) is 24.7 Å². The highest BCUT2D eigenvalue weighted by atomic mass is 16.5. The molecular weight excluding hydrogens is 188 g/mol. The van der Waals surface area contributed by atoms with E-state index in [1.807, 2.05) is 0 Å². The molecule has 0 heterocycles. The van der Waals surface area contributed by atoms with Crippen LogP contribution in [0.25, 0.3) is 0 Å². The fourth-order valence-electron chi connectivity index (χ4n) is 1.09. The van der Waals surface area contributed by atoms with E-state index in [1.165, 1.54) is 0 Å². The van der Waals surface area contributed by atoms with Gasteiger partial charge < -0.3 is 4.74 Å². The summed E-state index contributed by atoms with van der Waals surface area (Å²) < 4.78 is 5.12. The van der Waals surface area contributed by atoms with Crippen LogP contribution < -0.4 is 0 Å². The first kappa shape index (κ1) is 14.1. The third-order valence-corrected chi connectivity index (χ3v) is 2.14. The van der Waals surface area contributed by atoms with Gasteiger partial charge in [-0.2, -0.15) is 0 Å². The summed E-state index contributed by atoms with van der Waals surface area (Å²) in [6.45, 7) is 8.49. The molecular formula is C12H24N2O. The quantitative estimate of drug-likeness (QED) is 0.510. The van der Waals surface area contributed by atoms with Crippen molar-refractivity contribution in [2.75, 3.05) is 0 Å². The molecule has 0 unspecified atom stereocenters. The highest BCUT2D eigenvalue weighted by Crippen LogP contribution is 2.08. The minimum absolute atomic E-state index is 0.234. The Labute approximate surface area is 93.2 Å². The predicted molar refractivity (Wildman–Crippen MR) is 64.7 cm³/mol. The van der Waals surface area contributed by atoms with E-state index in [4.69, 9.17) is 15.6 Å². The number of rotatable bonds is 6. The third kappa shape index (κ3) is 9.44. The summed E-state index contributed by atoms with van der Waals surface area (Å²) in [5, 5.41) is 15.1. The van der Waals surface area contributed by atoms with Gasteiger partial charge in [-0.15, -0.1) is 0 Å². The first-order valence-electron chi connectivity index (χ1n) is 5.74. The molecule has 0 saturated heterocycles. The first-order chi connectivity index (χ1) is 6.91. The maximum Gasteiger partial charge on any atom is 0.189 e. The van der Waals surface area contributed by atoms with Crippen LogP contribution >= 0.6 is 0 Å². The summed E-state index contributed by atoms with van der Waals surface area (Å²) in [5.74, 6) is 1.63. The summed E-state index contributed by atoms with van der Waals surface area (Å²) in [4.78, 5) is 0. The van der Waals surface area contributed by atoms with E-state index < -0.39 is 0 Å². The lowest BCUT2D eigenvalue weighted by Crippen LogP contribution is -2.12. The Bertz CT molecular complexity index is 188. The molecule has 0 rings (SSSR count). The standard InChI is InChI=1S/C12H24N2O/c1-9(2)5-7-11(13)15-12(14)8-6-10(3)4/h9-10,13-14H,5-8H2,1-4H3. The number of ether oxygens (including phenoxy) is 1. The highest BCUT2D eigenvalue weighted by Gasteiger charge is 2.06. The molecule has 0 bridgehead atoms. The molecule has 0 aromatic carbocycles. The van der Waals surface area contributed by atoms with Crippen molar-refractivity contribution in [2.24, 2.45) is 11.8 Å². The Hall–Kier alpha value is -0.860. The molecule has 0 fully saturated rings. The fourth-order valence-corrected chi connectivity index (χ4v) is 1.09. The van der Waals surface area contributed by atoms with Crippen LogP contribution in [0.4, 0.5) is 0 Å². The summed E-state index contributed by atoms with van der Waals surface area (Å²) in [5.41, 5.74) is 0. The lowest BCUT2D eigenvalue weighted by molar-refractivity contribution is 0.465. The number of hydrogen-bond donors (Lipinski definition) is 2. The lowest BCUT2D eigenvalue weighted by atomic mass is 10.1. The van der Waals surface area contributed by atoms with Crippen LogP contribution in [0, 0.1) is 22.7 Å². The molecule has 0 atom stereocenters. The molecule has 0 aromatic heterocycles. The molecule has 3 nitrogen and oxygen atoms in total. The smallest absolute Gasteiger partial charge is 0.189 e. The van der Waals surface area contributed by atoms with Crippen molar-refractivity contribution in [1.29, 1.82) is 10.8 Å². The second-order valence-electron chi connectivity index (χ2n) is 4.81. The van der Waals surface area contributed by atoms with E-state index in [2.05, 4.69) is 27.7 Å². The molecule has 0 spiro atoms. The van der Waals surface area contributed by atoms with E-state index >= 15 is 0 Å². The Morgan fingerprint density at radius 1 is 0.867 bits per heavy atom. The van der Waals surface area contributed by atoms with Crippen LogP contribution in [0.5, 0.6) is 0 Å². The fraction of sp³-hybridized carbons (Fsp3) is 0.833. The van der Waals surface area contributed by atoms with E-state index in [9.17, 15) is 0 Å². The average Bonchev–Trinajstić information content (AvgIpc) is 2.11. The summed E-state index contributed by atoms with van der Waals surface area (Å²) in [6.07, 6.45) is 3.19. The van der Waals surface area contributed by atoms with Crippen LogP contribution in [-0.2, 0) is 4.74 Å². The van der Waals surface area contributed by atoms with Gasteiger partial charge in [0.2, 0.25) is 0 Å². The van der Waals surface area contributed by atoms with Gasteiger partial charge in [0, 0.05) is 12.8 Å². The van der Waals surface area contributed by atoms with Crippen LogP contribution in [0.15, 0.2) is 0 Å². The van der Waals surface area contributed by atoms with Crippen LogP contribution in [0.3, 0.4) is 0 Å². The van der Waals surface area contributed by atoms with E-state index in [0.717, 1.165) is 12.8 Å². The molecule has 88 valence electrons. The molecule has 2 N–H and O–H groups in total. The summed E-state index contributed by atoms with van der Waals surface area (Å²) in [7, 11) is 0. The topological polar surface area (TPSA) is 56.9 Å². The van der Waals surface area contributed by atoms with Crippen LogP contribution in [0.1, 0.15) is 53.4 Å². The second-order valence-corrected chi connectivity index (χ2v) is 4.81. The molecule has 0 aliphatic heterocycles. The molecule has 0 aromatic rings. The van der Waals surface area contributed by atoms with Crippen molar-refractivity contribution >= 4 is 11.8 Å². The van der Waals surface area contributed by atoms with Crippen LogP contribution in [-0.4, -0.2) is 11.8 Å².